The van der Waals surface area contributed by atoms with E-state index in [9.17, 15) is 4.79 Å². The molecule has 0 aliphatic heterocycles. The summed E-state index contributed by atoms with van der Waals surface area (Å²) in [7, 11) is 0. The van der Waals surface area contributed by atoms with Gasteiger partial charge in [0.2, 0.25) is 0 Å². The van der Waals surface area contributed by atoms with E-state index in [-0.39, 0.29) is 0 Å². The van der Waals surface area contributed by atoms with Crippen LogP contribution in [0, 0.1) is 5.92 Å². The van der Waals surface area contributed by atoms with E-state index in [1.807, 2.05) is 32.0 Å². The summed E-state index contributed by atoms with van der Waals surface area (Å²) < 4.78 is 0. The van der Waals surface area contributed by atoms with Crippen molar-refractivity contribution < 1.29 is 14.6 Å². The van der Waals surface area contributed by atoms with Gasteiger partial charge in [0.25, 0.3) is 0 Å². The highest BCUT2D eigenvalue weighted by molar-refractivity contribution is 5.83. The fraction of sp³-hybridized carbons (Fsp3) is 0.364. The molecule has 0 atom stereocenters. The van der Waals surface area contributed by atoms with E-state index in [2.05, 4.69) is 10.2 Å². The number of para-hydroxylation sites is 1. The molecular weight excluding hydrogens is 194 g/mol. The summed E-state index contributed by atoms with van der Waals surface area (Å²) in [4.78, 5) is 20.4. The van der Waals surface area contributed by atoms with Gasteiger partial charge in [-0.1, -0.05) is 32.0 Å². The summed E-state index contributed by atoms with van der Waals surface area (Å²) in [6.07, 6.45) is -0.609. The third kappa shape index (κ3) is 5.02. The number of carbonyl (C=O) groups excluding carboxylic acids is 1. The molecule has 0 unspecified atom stereocenters. The zero-order valence-corrected chi connectivity index (χ0v) is 8.90. The summed E-state index contributed by atoms with van der Waals surface area (Å²) in [5, 5.41) is 2.53. The largest absolute Gasteiger partial charge is 0.443 e. The highest BCUT2D eigenvalue weighted by Gasteiger charge is 2.04. The zero-order valence-electron chi connectivity index (χ0n) is 8.90. The van der Waals surface area contributed by atoms with Crippen LogP contribution in [-0.4, -0.2) is 12.7 Å². The molecule has 0 saturated carbocycles. The molecule has 1 N–H and O–H groups in total. The summed E-state index contributed by atoms with van der Waals surface area (Å²) in [5.41, 5.74) is 0.677. The van der Waals surface area contributed by atoms with E-state index in [1.165, 1.54) is 0 Å². The summed E-state index contributed by atoms with van der Waals surface area (Å²) in [6, 6.07) is 9.05. The van der Waals surface area contributed by atoms with Gasteiger partial charge in [-0.3, -0.25) is 10.2 Å². The third-order valence-electron chi connectivity index (χ3n) is 1.56. The molecule has 0 aliphatic rings. The molecule has 0 heterocycles. The summed E-state index contributed by atoms with van der Waals surface area (Å²) in [6.45, 7) is 4.33. The first-order valence-electron chi connectivity index (χ1n) is 4.84. The Morgan fingerprint density at radius 2 is 2.00 bits per heavy atom. The fourth-order valence-corrected chi connectivity index (χ4v) is 0.884. The van der Waals surface area contributed by atoms with Crippen LogP contribution in [0.25, 0.3) is 0 Å². The molecule has 0 spiro atoms. The lowest BCUT2D eigenvalue weighted by atomic mass is 10.2. The molecule has 0 fully saturated rings. The predicted octanol–water partition coefficient (Wildman–Crippen LogP) is 2.82. The van der Waals surface area contributed by atoms with Gasteiger partial charge in [0.1, 0.15) is 0 Å². The van der Waals surface area contributed by atoms with Crippen LogP contribution in [0.2, 0.25) is 0 Å². The van der Waals surface area contributed by atoms with Gasteiger partial charge < -0.3 is 0 Å². The second-order valence-electron chi connectivity index (χ2n) is 3.54. The van der Waals surface area contributed by atoms with E-state index < -0.39 is 6.09 Å². The van der Waals surface area contributed by atoms with Crippen molar-refractivity contribution in [2.24, 2.45) is 5.92 Å². The van der Waals surface area contributed by atoms with Crippen molar-refractivity contribution in [2.75, 3.05) is 11.9 Å². The zero-order chi connectivity index (χ0) is 11.1. The molecule has 1 aromatic carbocycles. The van der Waals surface area contributed by atoms with Crippen LogP contribution in [0.15, 0.2) is 30.3 Å². The summed E-state index contributed by atoms with van der Waals surface area (Å²) in [5.74, 6) is 0.328. The van der Waals surface area contributed by atoms with Crippen molar-refractivity contribution in [1.82, 2.24) is 0 Å². The average Bonchev–Trinajstić information content (AvgIpc) is 2.18. The van der Waals surface area contributed by atoms with Crippen molar-refractivity contribution in [2.45, 2.75) is 13.8 Å². The lowest BCUT2D eigenvalue weighted by Crippen LogP contribution is -2.15. The van der Waals surface area contributed by atoms with Crippen molar-refractivity contribution in [3.05, 3.63) is 30.3 Å². The van der Waals surface area contributed by atoms with Crippen molar-refractivity contribution in [1.29, 1.82) is 0 Å². The molecule has 1 aromatic rings. The number of amides is 1. The van der Waals surface area contributed by atoms with E-state index in [0.717, 1.165) is 0 Å². The highest BCUT2D eigenvalue weighted by atomic mass is 17.2. The first-order chi connectivity index (χ1) is 7.18. The minimum absolute atomic E-state index is 0.328. The average molecular weight is 209 g/mol. The molecule has 0 radical (unpaired) electrons. The van der Waals surface area contributed by atoms with Gasteiger partial charge in [-0.25, -0.2) is 4.79 Å². The maximum Gasteiger partial charge on any atom is 0.443 e. The molecule has 1 rings (SSSR count). The van der Waals surface area contributed by atoms with E-state index in [0.29, 0.717) is 18.2 Å². The van der Waals surface area contributed by atoms with Gasteiger partial charge in [0.05, 0.1) is 6.61 Å². The van der Waals surface area contributed by atoms with Crippen LogP contribution >= 0.6 is 0 Å². The minimum Gasteiger partial charge on any atom is -0.289 e. The van der Waals surface area contributed by atoms with Crippen LogP contribution in [0.5, 0.6) is 0 Å². The van der Waals surface area contributed by atoms with Gasteiger partial charge in [0, 0.05) is 5.69 Å². The number of carbonyl (C=O) groups is 1. The van der Waals surface area contributed by atoms with Gasteiger partial charge >= 0.3 is 6.09 Å². The molecule has 15 heavy (non-hydrogen) atoms. The van der Waals surface area contributed by atoms with Crippen LogP contribution < -0.4 is 5.32 Å². The summed E-state index contributed by atoms with van der Waals surface area (Å²) >= 11 is 0. The SMILES string of the molecule is CC(C)COOC(=O)Nc1ccccc1. The molecular formula is C11H15NO3. The van der Waals surface area contributed by atoms with E-state index in [1.54, 1.807) is 12.1 Å². The Balaban J connectivity index is 2.25. The van der Waals surface area contributed by atoms with E-state index in [4.69, 9.17) is 4.89 Å². The first kappa shape index (κ1) is 11.5. The van der Waals surface area contributed by atoms with Crippen LogP contribution in [0.3, 0.4) is 0 Å². The maximum atomic E-state index is 11.1. The fourth-order valence-electron chi connectivity index (χ4n) is 0.884. The Hall–Kier alpha value is -1.55. The second kappa shape index (κ2) is 6.03. The number of hydrogen-bond donors (Lipinski definition) is 1. The van der Waals surface area contributed by atoms with Crippen molar-refractivity contribution in [3.8, 4) is 0 Å². The normalized spacial score (nSPS) is 10.1. The molecule has 82 valence electrons. The van der Waals surface area contributed by atoms with Crippen molar-refractivity contribution >= 4 is 11.8 Å². The molecule has 0 bridgehead atoms. The third-order valence-corrected chi connectivity index (χ3v) is 1.56. The molecule has 4 heteroatoms. The van der Waals surface area contributed by atoms with Crippen LogP contribution in [0.4, 0.5) is 10.5 Å². The number of nitrogens with one attached hydrogen (secondary N) is 1. The Bertz CT molecular complexity index is 298. The number of hydrogen-bond acceptors (Lipinski definition) is 3. The van der Waals surface area contributed by atoms with Gasteiger partial charge in [0.15, 0.2) is 0 Å². The maximum absolute atomic E-state index is 11.1. The second-order valence-corrected chi connectivity index (χ2v) is 3.54. The number of benzene rings is 1. The molecule has 0 aromatic heterocycles. The Kier molecular flexibility index (Phi) is 4.63. The first-order valence-corrected chi connectivity index (χ1v) is 4.84. The quantitative estimate of drug-likeness (QED) is 0.612. The molecule has 0 saturated heterocycles. The lowest BCUT2D eigenvalue weighted by molar-refractivity contribution is -0.241. The number of rotatable bonds is 4. The molecule has 1 amide bonds. The Morgan fingerprint density at radius 3 is 2.60 bits per heavy atom. The Morgan fingerprint density at radius 1 is 1.33 bits per heavy atom. The standard InChI is InChI=1S/C11H15NO3/c1-9(2)8-14-15-11(13)12-10-6-4-3-5-7-10/h3-7,9H,8H2,1-2H3,(H,12,13). The monoisotopic (exact) mass is 209 g/mol. The topological polar surface area (TPSA) is 47.6 Å². The molecule has 4 nitrogen and oxygen atoms in total. The van der Waals surface area contributed by atoms with E-state index >= 15 is 0 Å². The van der Waals surface area contributed by atoms with Gasteiger partial charge in [-0.2, -0.15) is 4.89 Å². The molecule has 0 aliphatic carbocycles. The van der Waals surface area contributed by atoms with Crippen LogP contribution in [0.1, 0.15) is 13.8 Å². The minimum atomic E-state index is -0.609. The van der Waals surface area contributed by atoms with Gasteiger partial charge in [-0.05, 0) is 18.1 Å². The lowest BCUT2D eigenvalue weighted by Gasteiger charge is -2.06. The van der Waals surface area contributed by atoms with Crippen LogP contribution in [-0.2, 0) is 9.78 Å². The predicted molar refractivity (Wildman–Crippen MR) is 57.3 cm³/mol. The van der Waals surface area contributed by atoms with Gasteiger partial charge in [-0.15, -0.1) is 0 Å². The smallest absolute Gasteiger partial charge is 0.289 e. The number of anilines is 1. The highest BCUT2D eigenvalue weighted by Crippen LogP contribution is 2.05. The van der Waals surface area contributed by atoms with Crippen molar-refractivity contribution in [3.63, 3.8) is 0 Å². The Labute approximate surface area is 89.1 Å².